The number of Topliss-reactive ketones (excluding diaryl/α,β-unsaturated/α-hetero) is 1. The molecule has 6 heteroatoms. The maximum atomic E-state index is 12.6. The first-order valence-corrected chi connectivity index (χ1v) is 9.97. The molecule has 0 aliphatic carbocycles. The van der Waals surface area contributed by atoms with Crippen LogP contribution in [-0.4, -0.2) is 60.8 Å². The summed E-state index contributed by atoms with van der Waals surface area (Å²) in [7, 11) is 1.67. The van der Waals surface area contributed by atoms with E-state index in [1.165, 1.54) is 12.5 Å². The van der Waals surface area contributed by atoms with E-state index in [2.05, 4.69) is 27.2 Å². The number of anilines is 1. The van der Waals surface area contributed by atoms with Gasteiger partial charge in [-0.05, 0) is 55.8 Å². The Morgan fingerprint density at radius 2 is 1.62 bits per heavy atom. The van der Waals surface area contributed by atoms with Gasteiger partial charge in [-0.15, -0.1) is 0 Å². The lowest BCUT2D eigenvalue weighted by Gasteiger charge is -2.37. The largest absolute Gasteiger partial charge is 0.497 e. The van der Waals surface area contributed by atoms with Crippen LogP contribution < -0.4 is 10.1 Å². The number of ether oxygens (including phenoxy) is 1. The highest BCUT2D eigenvalue weighted by molar-refractivity contribution is 5.96. The highest BCUT2D eigenvalue weighted by atomic mass is 16.5. The van der Waals surface area contributed by atoms with Gasteiger partial charge < -0.3 is 10.1 Å². The predicted octanol–water partition coefficient (Wildman–Crippen LogP) is 3.04. The second-order valence-electron chi connectivity index (χ2n) is 7.46. The number of nitrogens with zero attached hydrogens (tertiary/aromatic N) is 2. The highest BCUT2D eigenvalue weighted by Crippen LogP contribution is 2.16. The minimum absolute atomic E-state index is 0.0174. The van der Waals surface area contributed by atoms with E-state index in [0.717, 1.165) is 38.5 Å². The molecule has 0 bridgehead atoms. The molecule has 2 aromatic rings. The van der Waals surface area contributed by atoms with Crippen LogP contribution in [0.15, 0.2) is 48.5 Å². The number of ketones is 1. The smallest absolute Gasteiger partial charge is 0.241 e. The van der Waals surface area contributed by atoms with E-state index in [-0.39, 0.29) is 17.7 Å². The van der Waals surface area contributed by atoms with Gasteiger partial charge in [0.15, 0.2) is 5.78 Å². The molecule has 1 aliphatic rings. The minimum Gasteiger partial charge on any atom is -0.497 e. The molecule has 29 heavy (non-hydrogen) atoms. The van der Waals surface area contributed by atoms with E-state index in [9.17, 15) is 9.59 Å². The van der Waals surface area contributed by atoms with Crippen molar-refractivity contribution in [3.05, 3.63) is 59.7 Å². The number of nitrogens with one attached hydrogen (secondary N) is 1. The summed E-state index contributed by atoms with van der Waals surface area (Å²) < 4.78 is 5.21. The molecule has 0 spiro atoms. The molecular formula is C23H29N3O3. The zero-order valence-electron chi connectivity index (χ0n) is 17.4. The Morgan fingerprint density at radius 1 is 1.00 bits per heavy atom. The molecule has 1 atom stereocenters. The quantitative estimate of drug-likeness (QED) is 0.730. The Bertz CT molecular complexity index is 825. The van der Waals surface area contributed by atoms with Crippen LogP contribution in [0.3, 0.4) is 0 Å². The van der Waals surface area contributed by atoms with Crippen molar-refractivity contribution < 1.29 is 14.3 Å². The number of hydrogen-bond acceptors (Lipinski definition) is 5. The van der Waals surface area contributed by atoms with Crippen LogP contribution in [0.2, 0.25) is 0 Å². The number of carbonyl (C=O) groups excluding carboxylic acids is 2. The Labute approximate surface area is 172 Å². The number of hydrogen-bond donors (Lipinski definition) is 1. The fraction of sp³-hybridized carbons (Fsp3) is 0.391. The number of amides is 1. The third-order valence-corrected chi connectivity index (χ3v) is 5.46. The molecule has 6 nitrogen and oxygen atoms in total. The molecule has 0 saturated carbocycles. The predicted molar refractivity (Wildman–Crippen MR) is 114 cm³/mol. The van der Waals surface area contributed by atoms with Crippen LogP contribution in [0.4, 0.5) is 5.69 Å². The van der Waals surface area contributed by atoms with Crippen molar-refractivity contribution in [2.75, 3.05) is 38.6 Å². The molecule has 1 N–H and O–H groups in total. The van der Waals surface area contributed by atoms with Crippen molar-refractivity contribution in [3.8, 4) is 5.75 Å². The summed E-state index contributed by atoms with van der Waals surface area (Å²) in [5.41, 5.74) is 2.62. The van der Waals surface area contributed by atoms with Gasteiger partial charge in [0.25, 0.3) is 0 Å². The number of rotatable bonds is 7. The summed E-state index contributed by atoms with van der Waals surface area (Å²) in [5, 5.41) is 2.95. The van der Waals surface area contributed by atoms with Crippen LogP contribution in [0.25, 0.3) is 0 Å². The molecule has 154 valence electrons. The van der Waals surface area contributed by atoms with Gasteiger partial charge in [-0.2, -0.15) is 0 Å². The minimum atomic E-state index is -0.203. The van der Waals surface area contributed by atoms with Crippen molar-refractivity contribution in [3.63, 3.8) is 0 Å². The van der Waals surface area contributed by atoms with Gasteiger partial charge in [0.2, 0.25) is 5.91 Å². The summed E-state index contributed by atoms with van der Waals surface area (Å²) >= 11 is 0. The standard InChI is InChI=1S/C23H29N3O3/c1-17(23(28)24-21-8-6-20(7-9-21)18(2)27)26-14-12-25(13-15-26)16-19-4-10-22(29-3)11-5-19/h4-11,17H,12-16H2,1-3H3,(H,24,28)/t17-/m1/s1. The van der Waals surface area contributed by atoms with E-state index in [0.29, 0.717) is 11.3 Å². The number of piperazine rings is 1. The third kappa shape index (κ3) is 5.65. The van der Waals surface area contributed by atoms with Crippen molar-refractivity contribution in [2.24, 2.45) is 0 Å². The second-order valence-corrected chi connectivity index (χ2v) is 7.46. The van der Waals surface area contributed by atoms with Gasteiger partial charge in [-0.25, -0.2) is 0 Å². The van der Waals surface area contributed by atoms with E-state index in [1.807, 2.05) is 19.1 Å². The molecular weight excluding hydrogens is 366 g/mol. The van der Waals surface area contributed by atoms with Crippen molar-refractivity contribution in [2.45, 2.75) is 26.4 Å². The van der Waals surface area contributed by atoms with E-state index in [4.69, 9.17) is 4.74 Å². The summed E-state index contributed by atoms with van der Waals surface area (Å²) in [6.07, 6.45) is 0. The first-order valence-electron chi connectivity index (χ1n) is 9.97. The summed E-state index contributed by atoms with van der Waals surface area (Å²) in [5.74, 6) is 0.863. The Kier molecular flexibility index (Phi) is 7.01. The summed E-state index contributed by atoms with van der Waals surface area (Å²) in [6.45, 7) is 7.94. The van der Waals surface area contributed by atoms with E-state index < -0.39 is 0 Å². The average Bonchev–Trinajstić information content (AvgIpc) is 2.74. The van der Waals surface area contributed by atoms with Gasteiger partial charge in [0.1, 0.15) is 5.75 Å². The van der Waals surface area contributed by atoms with E-state index in [1.54, 1.807) is 31.4 Å². The van der Waals surface area contributed by atoms with Gasteiger partial charge in [0.05, 0.1) is 13.2 Å². The van der Waals surface area contributed by atoms with Crippen molar-refractivity contribution >= 4 is 17.4 Å². The van der Waals surface area contributed by atoms with Crippen molar-refractivity contribution in [1.29, 1.82) is 0 Å². The molecule has 2 aromatic carbocycles. The monoisotopic (exact) mass is 395 g/mol. The molecule has 1 aliphatic heterocycles. The highest BCUT2D eigenvalue weighted by Gasteiger charge is 2.25. The Morgan fingerprint density at radius 3 is 2.17 bits per heavy atom. The molecule has 3 rings (SSSR count). The number of carbonyl (C=O) groups is 2. The average molecular weight is 396 g/mol. The molecule has 1 saturated heterocycles. The number of methoxy groups -OCH3 is 1. The van der Waals surface area contributed by atoms with Gasteiger partial charge in [0, 0.05) is 44.0 Å². The summed E-state index contributed by atoms with van der Waals surface area (Å²) in [4.78, 5) is 28.6. The zero-order chi connectivity index (χ0) is 20.8. The normalized spacial score (nSPS) is 16.2. The fourth-order valence-electron chi connectivity index (χ4n) is 3.50. The Hall–Kier alpha value is -2.70. The molecule has 1 amide bonds. The summed E-state index contributed by atoms with van der Waals surface area (Å²) in [6, 6.07) is 15.0. The molecule has 0 aromatic heterocycles. The number of benzene rings is 2. The lowest BCUT2D eigenvalue weighted by atomic mass is 10.1. The van der Waals surface area contributed by atoms with Gasteiger partial charge in [-0.3, -0.25) is 19.4 Å². The second kappa shape index (κ2) is 9.67. The zero-order valence-corrected chi connectivity index (χ0v) is 17.4. The SMILES string of the molecule is COc1ccc(CN2CCN([C@H](C)C(=O)Nc3ccc(C(C)=O)cc3)CC2)cc1. The van der Waals surface area contributed by atoms with Crippen LogP contribution in [0.5, 0.6) is 5.75 Å². The van der Waals surface area contributed by atoms with Gasteiger partial charge >= 0.3 is 0 Å². The van der Waals surface area contributed by atoms with Crippen LogP contribution in [-0.2, 0) is 11.3 Å². The van der Waals surface area contributed by atoms with Crippen LogP contribution in [0.1, 0.15) is 29.8 Å². The fourth-order valence-corrected chi connectivity index (χ4v) is 3.50. The first kappa shape index (κ1) is 21.0. The lowest BCUT2D eigenvalue weighted by molar-refractivity contribution is -0.121. The van der Waals surface area contributed by atoms with Gasteiger partial charge in [-0.1, -0.05) is 12.1 Å². The van der Waals surface area contributed by atoms with Crippen molar-refractivity contribution in [1.82, 2.24) is 9.80 Å². The molecule has 1 heterocycles. The maximum Gasteiger partial charge on any atom is 0.241 e. The maximum absolute atomic E-state index is 12.6. The van der Waals surface area contributed by atoms with Crippen LogP contribution >= 0.6 is 0 Å². The third-order valence-electron chi connectivity index (χ3n) is 5.46. The van der Waals surface area contributed by atoms with Crippen LogP contribution in [0, 0.1) is 0 Å². The molecule has 0 radical (unpaired) electrons. The Balaban J connectivity index is 1.47. The first-order chi connectivity index (χ1) is 14.0. The molecule has 0 unspecified atom stereocenters. The topological polar surface area (TPSA) is 61.9 Å². The molecule has 1 fully saturated rings. The lowest BCUT2D eigenvalue weighted by Crippen LogP contribution is -2.52. The van der Waals surface area contributed by atoms with E-state index >= 15 is 0 Å².